The summed E-state index contributed by atoms with van der Waals surface area (Å²) in [5.74, 6) is 0.293. The maximum atomic E-state index is 11.7. The zero-order valence-corrected chi connectivity index (χ0v) is 11.8. The SMILES string of the molecule is CCC(C)C(=O)NCCC1=C(C)CCC=CC=C1. The van der Waals surface area contributed by atoms with E-state index in [4.69, 9.17) is 0 Å². The van der Waals surface area contributed by atoms with E-state index in [1.54, 1.807) is 0 Å². The predicted octanol–water partition coefficient (Wildman–Crippen LogP) is 3.76. The van der Waals surface area contributed by atoms with Gasteiger partial charge in [0.2, 0.25) is 5.91 Å². The molecule has 1 unspecified atom stereocenters. The van der Waals surface area contributed by atoms with Crippen LogP contribution in [0.25, 0.3) is 0 Å². The van der Waals surface area contributed by atoms with Crippen LogP contribution in [0.2, 0.25) is 0 Å². The lowest BCUT2D eigenvalue weighted by molar-refractivity contribution is -0.124. The van der Waals surface area contributed by atoms with Gasteiger partial charge in [0.05, 0.1) is 0 Å². The topological polar surface area (TPSA) is 29.1 Å². The number of nitrogens with one attached hydrogen (secondary N) is 1. The average Bonchev–Trinajstić information content (AvgIpc) is 2.36. The van der Waals surface area contributed by atoms with E-state index in [1.807, 2.05) is 13.8 Å². The van der Waals surface area contributed by atoms with Crippen molar-refractivity contribution in [2.24, 2.45) is 5.92 Å². The Balaban J connectivity index is 2.44. The van der Waals surface area contributed by atoms with E-state index in [0.717, 1.165) is 32.2 Å². The first kappa shape index (κ1) is 14.7. The fourth-order valence-electron chi connectivity index (χ4n) is 1.93. The Kier molecular flexibility index (Phi) is 6.48. The van der Waals surface area contributed by atoms with Crippen molar-refractivity contribution in [3.8, 4) is 0 Å². The summed E-state index contributed by atoms with van der Waals surface area (Å²) < 4.78 is 0. The molecule has 0 fully saturated rings. The van der Waals surface area contributed by atoms with Crippen LogP contribution in [0.15, 0.2) is 35.5 Å². The Morgan fingerprint density at radius 1 is 1.44 bits per heavy atom. The van der Waals surface area contributed by atoms with Gasteiger partial charge in [-0.15, -0.1) is 0 Å². The molecule has 0 aromatic rings. The maximum Gasteiger partial charge on any atom is 0.222 e. The van der Waals surface area contributed by atoms with Crippen molar-refractivity contribution in [1.29, 1.82) is 0 Å². The second-order valence-electron chi connectivity index (χ2n) is 4.98. The van der Waals surface area contributed by atoms with E-state index in [-0.39, 0.29) is 11.8 Å². The minimum Gasteiger partial charge on any atom is -0.356 e. The second kappa shape index (κ2) is 7.91. The highest BCUT2D eigenvalue weighted by atomic mass is 16.1. The third kappa shape index (κ3) is 4.91. The number of hydrogen-bond acceptors (Lipinski definition) is 1. The van der Waals surface area contributed by atoms with E-state index in [0.29, 0.717) is 0 Å². The molecule has 2 nitrogen and oxygen atoms in total. The first-order valence-corrected chi connectivity index (χ1v) is 6.94. The molecule has 0 aromatic carbocycles. The van der Waals surface area contributed by atoms with Crippen molar-refractivity contribution < 1.29 is 4.79 Å². The number of amides is 1. The Labute approximate surface area is 111 Å². The van der Waals surface area contributed by atoms with Crippen molar-refractivity contribution in [2.45, 2.75) is 46.5 Å². The molecule has 0 saturated heterocycles. The number of carbonyl (C=O) groups is 1. The van der Waals surface area contributed by atoms with Crippen LogP contribution in [-0.2, 0) is 4.79 Å². The van der Waals surface area contributed by atoms with E-state index >= 15 is 0 Å². The van der Waals surface area contributed by atoms with Gasteiger partial charge in [-0.05, 0) is 38.2 Å². The predicted molar refractivity (Wildman–Crippen MR) is 77.3 cm³/mol. The zero-order valence-electron chi connectivity index (χ0n) is 11.8. The van der Waals surface area contributed by atoms with Crippen LogP contribution in [-0.4, -0.2) is 12.5 Å². The number of allylic oxidation sites excluding steroid dienone is 5. The van der Waals surface area contributed by atoms with Gasteiger partial charge in [0, 0.05) is 12.5 Å². The molecule has 0 saturated carbocycles. The van der Waals surface area contributed by atoms with Gasteiger partial charge < -0.3 is 5.32 Å². The Morgan fingerprint density at radius 3 is 2.94 bits per heavy atom. The van der Waals surface area contributed by atoms with Gasteiger partial charge in [0.15, 0.2) is 0 Å². The molecule has 0 spiro atoms. The molecule has 1 aliphatic rings. The highest BCUT2D eigenvalue weighted by Gasteiger charge is 2.09. The third-order valence-corrected chi connectivity index (χ3v) is 3.53. The van der Waals surface area contributed by atoms with Gasteiger partial charge in [-0.1, -0.05) is 43.7 Å². The normalized spacial score (nSPS) is 17.3. The molecule has 1 rings (SSSR count). The van der Waals surface area contributed by atoms with Gasteiger partial charge in [-0.25, -0.2) is 0 Å². The minimum atomic E-state index is 0.121. The average molecular weight is 247 g/mol. The van der Waals surface area contributed by atoms with Crippen molar-refractivity contribution >= 4 is 5.91 Å². The molecule has 1 aliphatic carbocycles. The second-order valence-corrected chi connectivity index (χ2v) is 4.98. The summed E-state index contributed by atoms with van der Waals surface area (Å²) in [6, 6.07) is 0. The molecule has 1 atom stereocenters. The van der Waals surface area contributed by atoms with E-state index in [9.17, 15) is 4.79 Å². The molecule has 0 heterocycles. The molecule has 1 N–H and O–H groups in total. The molecule has 0 aliphatic heterocycles. The summed E-state index contributed by atoms with van der Waals surface area (Å²) in [5.41, 5.74) is 2.80. The Bertz CT molecular complexity index is 363. The largest absolute Gasteiger partial charge is 0.356 e. The molecule has 0 aromatic heterocycles. The molecule has 0 bridgehead atoms. The van der Waals surface area contributed by atoms with E-state index in [1.165, 1.54) is 11.1 Å². The van der Waals surface area contributed by atoms with E-state index in [2.05, 4.69) is 36.5 Å². The van der Waals surface area contributed by atoms with Gasteiger partial charge in [-0.2, -0.15) is 0 Å². The van der Waals surface area contributed by atoms with Crippen LogP contribution in [0, 0.1) is 5.92 Å². The number of rotatable bonds is 5. The number of hydrogen-bond donors (Lipinski definition) is 1. The van der Waals surface area contributed by atoms with Gasteiger partial charge in [-0.3, -0.25) is 4.79 Å². The molecule has 100 valence electrons. The lowest BCUT2D eigenvalue weighted by atomic mass is 9.99. The standard InChI is InChI=1S/C16H25NO/c1-4-13(2)16(18)17-12-11-15-10-8-6-5-7-9-14(15)3/h5-6,8,10,13H,4,7,9,11-12H2,1-3H3,(H,17,18). The highest BCUT2D eigenvalue weighted by Crippen LogP contribution is 2.17. The van der Waals surface area contributed by atoms with Gasteiger partial charge in [0.1, 0.15) is 0 Å². The summed E-state index contributed by atoms with van der Waals surface area (Å²) in [5, 5.41) is 3.01. The summed E-state index contributed by atoms with van der Waals surface area (Å²) in [7, 11) is 0. The summed E-state index contributed by atoms with van der Waals surface area (Å²) in [4.78, 5) is 11.7. The Morgan fingerprint density at radius 2 is 2.22 bits per heavy atom. The lowest BCUT2D eigenvalue weighted by Gasteiger charge is -2.12. The molecule has 0 radical (unpaired) electrons. The molecule has 18 heavy (non-hydrogen) atoms. The quantitative estimate of drug-likeness (QED) is 0.787. The van der Waals surface area contributed by atoms with Crippen LogP contribution in [0.1, 0.15) is 46.5 Å². The minimum absolute atomic E-state index is 0.121. The van der Waals surface area contributed by atoms with Gasteiger partial charge >= 0.3 is 0 Å². The molecule has 2 heteroatoms. The monoisotopic (exact) mass is 247 g/mol. The first-order valence-electron chi connectivity index (χ1n) is 6.94. The molecular weight excluding hydrogens is 222 g/mol. The number of carbonyl (C=O) groups excluding carboxylic acids is 1. The summed E-state index contributed by atoms with van der Waals surface area (Å²) >= 11 is 0. The van der Waals surface area contributed by atoms with Crippen molar-refractivity contribution in [1.82, 2.24) is 5.32 Å². The smallest absolute Gasteiger partial charge is 0.222 e. The van der Waals surface area contributed by atoms with Crippen molar-refractivity contribution in [3.63, 3.8) is 0 Å². The fraction of sp³-hybridized carbons (Fsp3) is 0.562. The maximum absolute atomic E-state index is 11.7. The zero-order chi connectivity index (χ0) is 13.4. The van der Waals surface area contributed by atoms with Crippen LogP contribution in [0.3, 0.4) is 0 Å². The molecule has 1 amide bonds. The Hall–Kier alpha value is -1.31. The first-order chi connectivity index (χ1) is 8.65. The third-order valence-electron chi connectivity index (χ3n) is 3.53. The van der Waals surface area contributed by atoms with Crippen LogP contribution in [0.4, 0.5) is 0 Å². The summed E-state index contributed by atoms with van der Waals surface area (Å²) in [6.45, 7) is 6.94. The molecular formula is C16H25NO. The van der Waals surface area contributed by atoms with Crippen molar-refractivity contribution in [3.05, 3.63) is 35.5 Å². The van der Waals surface area contributed by atoms with Crippen LogP contribution in [0.5, 0.6) is 0 Å². The fourth-order valence-corrected chi connectivity index (χ4v) is 1.93. The van der Waals surface area contributed by atoms with Crippen LogP contribution >= 0.6 is 0 Å². The lowest BCUT2D eigenvalue weighted by Crippen LogP contribution is -2.29. The van der Waals surface area contributed by atoms with Crippen molar-refractivity contribution in [2.75, 3.05) is 6.54 Å². The summed E-state index contributed by atoms with van der Waals surface area (Å²) in [6.07, 6.45) is 12.6. The van der Waals surface area contributed by atoms with Crippen LogP contribution < -0.4 is 5.32 Å². The highest BCUT2D eigenvalue weighted by molar-refractivity contribution is 5.78. The van der Waals surface area contributed by atoms with E-state index < -0.39 is 0 Å². The van der Waals surface area contributed by atoms with Gasteiger partial charge in [0.25, 0.3) is 0 Å².